The van der Waals surface area contributed by atoms with E-state index in [1.807, 2.05) is 29.2 Å². The molecule has 0 radical (unpaired) electrons. The van der Waals surface area contributed by atoms with Crippen molar-refractivity contribution in [2.24, 2.45) is 5.92 Å². The van der Waals surface area contributed by atoms with Crippen molar-refractivity contribution in [1.82, 2.24) is 9.80 Å². The van der Waals surface area contributed by atoms with E-state index in [-0.39, 0.29) is 5.91 Å². The van der Waals surface area contributed by atoms with Crippen molar-refractivity contribution < 1.29 is 14.3 Å². The number of carbonyl (C=O) groups excluding carboxylic acids is 1. The fourth-order valence-corrected chi connectivity index (χ4v) is 4.39. The Bertz CT molecular complexity index is 805. The van der Waals surface area contributed by atoms with Crippen LogP contribution in [0.5, 0.6) is 5.75 Å². The van der Waals surface area contributed by atoms with Crippen LogP contribution in [0, 0.1) is 5.92 Å². The summed E-state index contributed by atoms with van der Waals surface area (Å²) in [6, 6.07) is 16.5. The molecular weight excluding hydrogens is 376 g/mol. The van der Waals surface area contributed by atoms with E-state index in [4.69, 9.17) is 9.47 Å². The SMILES string of the molecule is COc1ccc(C(=O)N2CCC(Cc3ccc(CN4CCOCC4)cc3)CC2)cc1. The average Bonchev–Trinajstić information content (AvgIpc) is 2.81. The second-order valence-corrected chi connectivity index (χ2v) is 8.37. The first-order chi connectivity index (χ1) is 14.7. The van der Waals surface area contributed by atoms with Gasteiger partial charge in [-0.1, -0.05) is 24.3 Å². The maximum Gasteiger partial charge on any atom is 0.253 e. The number of methoxy groups -OCH3 is 1. The highest BCUT2D eigenvalue weighted by Crippen LogP contribution is 2.24. The molecule has 0 bridgehead atoms. The molecule has 0 aliphatic carbocycles. The Kier molecular flexibility index (Phi) is 7.03. The Hall–Kier alpha value is -2.37. The zero-order valence-electron chi connectivity index (χ0n) is 17.9. The quantitative estimate of drug-likeness (QED) is 0.732. The van der Waals surface area contributed by atoms with Gasteiger partial charge in [0.2, 0.25) is 0 Å². The topological polar surface area (TPSA) is 42.0 Å². The lowest BCUT2D eigenvalue weighted by Gasteiger charge is -2.32. The van der Waals surface area contributed by atoms with E-state index >= 15 is 0 Å². The molecule has 2 aliphatic rings. The van der Waals surface area contributed by atoms with E-state index in [9.17, 15) is 4.79 Å². The minimum absolute atomic E-state index is 0.128. The number of likely N-dealkylation sites (tertiary alicyclic amines) is 1. The van der Waals surface area contributed by atoms with E-state index in [2.05, 4.69) is 29.2 Å². The van der Waals surface area contributed by atoms with Gasteiger partial charge in [-0.3, -0.25) is 9.69 Å². The van der Waals surface area contributed by atoms with Crippen molar-refractivity contribution >= 4 is 5.91 Å². The van der Waals surface area contributed by atoms with E-state index < -0.39 is 0 Å². The number of amides is 1. The maximum atomic E-state index is 12.7. The minimum atomic E-state index is 0.128. The van der Waals surface area contributed by atoms with Crippen molar-refractivity contribution in [1.29, 1.82) is 0 Å². The van der Waals surface area contributed by atoms with Gasteiger partial charge in [-0.15, -0.1) is 0 Å². The fourth-order valence-electron chi connectivity index (χ4n) is 4.39. The molecule has 1 amide bonds. The van der Waals surface area contributed by atoms with E-state index in [0.717, 1.165) is 76.5 Å². The van der Waals surface area contributed by atoms with Crippen LogP contribution >= 0.6 is 0 Å². The van der Waals surface area contributed by atoms with Crippen LogP contribution in [0.3, 0.4) is 0 Å². The van der Waals surface area contributed by atoms with Gasteiger partial charge >= 0.3 is 0 Å². The highest BCUT2D eigenvalue weighted by atomic mass is 16.5. The summed E-state index contributed by atoms with van der Waals surface area (Å²) in [5.74, 6) is 1.56. The summed E-state index contributed by atoms with van der Waals surface area (Å²) in [7, 11) is 1.64. The molecule has 2 heterocycles. The Morgan fingerprint density at radius 3 is 2.20 bits per heavy atom. The molecule has 2 aliphatic heterocycles. The third-order valence-electron chi connectivity index (χ3n) is 6.30. The number of carbonyl (C=O) groups is 1. The summed E-state index contributed by atoms with van der Waals surface area (Å²) in [5.41, 5.74) is 3.52. The van der Waals surface area contributed by atoms with Crippen LogP contribution in [-0.2, 0) is 17.7 Å². The average molecular weight is 409 g/mol. The Morgan fingerprint density at radius 2 is 1.57 bits per heavy atom. The molecule has 0 atom stereocenters. The maximum absolute atomic E-state index is 12.7. The summed E-state index contributed by atoms with van der Waals surface area (Å²) < 4.78 is 10.6. The van der Waals surface area contributed by atoms with Crippen LogP contribution in [0.15, 0.2) is 48.5 Å². The van der Waals surface area contributed by atoms with Gasteiger partial charge in [0.25, 0.3) is 5.91 Å². The Labute approximate surface area is 179 Å². The Balaban J connectivity index is 1.24. The lowest BCUT2D eigenvalue weighted by Crippen LogP contribution is -2.38. The van der Waals surface area contributed by atoms with Gasteiger partial charge in [-0.2, -0.15) is 0 Å². The molecule has 0 saturated carbocycles. The summed E-state index contributed by atoms with van der Waals surface area (Å²) >= 11 is 0. The molecule has 0 N–H and O–H groups in total. The largest absolute Gasteiger partial charge is 0.497 e. The van der Waals surface area contributed by atoms with Crippen molar-refractivity contribution in [2.45, 2.75) is 25.8 Å². The number of morpholine rings is 1. The van der Waals surface area contributed by atoms with Crippen LogP contribution in [0.25, 0.3) is 0 Å². The molecule has 30 heavy (non-hydrogen) atoms. The molecular formula is C25H32N2O3. The van der Waals surface area contributed by atoms with Gasteiger partial charge in [-0.25, -0.2) is 0 Å². The molecule has 0 aromatic heterocycles. The van der Waals surface area contributed by atoms with Gasteiger partial charge in [0.1, 0.15) is 5.75 Å². The third-order valence-corrected chi connectivity index (χ3v) is 6.30. The van der Waals surface area contributed by atoms with Gasteiger partial charge in [-0.05, 0) is 60.6 Å². The summed E-state index contributed by atoms with van der Waals surface area (Å²) in [5, 5.41) is 0. The predicted octanol–water partition coefficient (Wildman–Crippen LogP) is 3.62. The van der Waals surface area contributed by atoms with Gasteiger partial charge in [0.05, 0.1) is 20.3 Å². The zero-order valence-corrected chi connectivity index (χ0v) is 17.9. The molecule has 160 valence electrons. The minimum Gasteiger partial charge on any atom is -0.497 e. The molecule has 4 rings (SSSR count). The molecule has 2 fully saturated rings. The number of benzene rings is 2. The first kappa shape index (κ1) is 20.9. The van der Waals surface area contributed by atoms with E-state index in [1.165, 1.54) is 11.1 Å². The van der Waals surface area contributed by atoms with Gasteiger partial charge in [0.15, 0.2) is 0 Å². The van der Waals surface area contributed by atoms with E-state index in [0.29, 0.717) is 5.92 Å². The smallest absolute Gasteiger partial charge is 0.253 e. The number of hydrogen-bond donors (Lipinski definition) is 0. The first-order valence-electron chi connectivity index (χ1n) is 11.0. The molecule has 0 unspecified atom stereocenters. The van der Waals surface area contributed by atoms with Crippen LogP contribution < -0.4 is 4.74 Å². The molecule has 0 spiro atoms. The van der Waals surface area contributed by atoms with Crippen LogP contribution in [0.4, 0.5) is 0 Å². The number of nitrogens with zero attached hydrogens (tertiary/aromatic N) is 2. The molecule has 5 heteroatoms. The molecule has 2 aromatic carbocycles. The summed E-state index contributed by atoms with van der Waals surface area (Å²) in [6.45, 7) is 6.42. The lowest BCUT2D eigenvalue weighted by molar-refractivity contribution is 0.0342. The van der Waals surface area contributed by atoms with Gasteiger partial charge in [0, 0.05) is 38.3 Å². The predicted molar refractivity (Wildman–Crippen MR) is 118 cm³/mol. The standard InChI is InChI=1S/C25H32N2O3/c1-29-24-8-6-23(7-9-24)25(28)27-12-10-21(11-13-27)18-20-2-4-22(5-3-20)19-26-14-16-30-17-15-26/h2-9,21H,10-19H2,1H3. The number of ether oxygens (including phenoxy) is 2. The molecule has 2 saturated heterocycles. The summed E-state index contributed by atoms with van der Waals surface area (Å²) in [4.78, 5) is 17.2. The third kappa shape index (κ3) is 5.41. The fraction of sp³-hybridized carbons (Fsp3) is 0.480. The van der Waals surface area contributed by atoms with Crippen LogP contribution in [0.2, 0.25) is 0 Å². The van der Waals surface area contributed by atoms with Crippen molar-refractivity contribution in [3.8, 4) is 5.75 Å². The van der Waals surface area contributed by atoms with Gasteiger partial charge < -0.3 is 14.4 Å². The normalized spacial score (nSPS) is 18.4. The van der Waals surface area contributed by atoms with Crippen LogP contribution in [-0.4, -0.2) is 62.2 Å². The number of hydrogen-bond acceptors (Lipinski definition) is 4. The monoisotopic (exact) mass is 408 g/mol. The second-order valence-electron chi connectivity index (χ2n) is 8.37. The van der Waals surface area contributed by atoms with Crippen LogP contribution in [0.1, 0.15) is 34.3 Å². The summed E-state index contributed by atoms with van der Waals surface area (Å²) in [6.07, 6.45) is 3.23. The second kappa shape index (κ2) is 10.1. The highest BCUT2D eigenvalue weighted by molar-refractivity contribution is 5.94. The van der Waals surface area contributed by atoms with Crippen molar-refractivity contribution in [2.75, 3.05) is 46.5 Å². The number of piperidine rings is 1. The number of rotatable bonds is 6. The van der Waals surface area contributed by atoms with Crippen molar-refractivity contribution in [3.05, 3.63) is 65.2 Å². The van der Waals surface area contributed by atoms with Crippen molar-refractivity contribution in [3.63, 3.8) is 0 Å². The first-order valence-corrected chi connectivity index (χ1v) is 11.0. The lowest BCUT2D eigenvalue weighted by atomic mass is 9.89. The molecule has 2 aromatic rings. The molecule has 5 nitrogen and oxygen atoms in total. The van der Waals surface area contributed by atoms with E-state index in [1.54, 1.807) is 7.11 Å². The Morgan fingerprint density at radius 1 is 0.933 bits per heavy atom. The zero-order chi connectivity index (χ0) is 20.8. The highest BCUT2D eigenvalue weighted by Gasteiger charge is 2.24.